The molecule has 0 unspecified atom stereocenters. The van der Waals surface area contributed by atoms with E-state index in [0.717, 1.165) is 40.4 Å². The molecule has 3 aromatic rings. The van der Waals surface area contributed by atoms with Crippen molar-refractivity contribution in [2.45, 2.75) is 57.8 Å². The highest BCUT2D eigenvalue weighted by molar-refractivity contribution is 5.98. The summed E-state index contributed by atoms with van der Waals surface area (Å²) in [6.45, 7) is 0.795. The van der Waals surface area contributed by atoms with Crippen molar-refractivity contribution in [2.75, 3.05) is 18.4 Å². The van der Waals surface area contributed by atoms with Crippen LogP contribution in [-0.2, 0) is 19.6 Å². The average Bonchev–Trinajstić information content (AvgIpc) is 3.70. The first-order chi connectivity index (χ1) is 18.8. The van der Waals surface area contributed by atoms with Crippen LogP contribution in [0.4, 0.5) is 19.3 Å². The van der Waals surface area contributed by atoms with Gasteiger partial charge in [0, 0.05) is 37.4 Å². The molecule has 11 heteroatoms. The maximum absolute atomic E-state index is 13.3. The molecular formula is C28H29F2N5O4. The number of carbonyl (C=O) groups excluding carboxylic acids is 2. The summed E-state index contributed by atoms with van der Waals surface area (Å²) in [5.74, 6) is 0.169. The Hall–Kier alpha value is -4.02. The molecule has 1 atom stereocenters. The van der Waals surface area contributed by atoms with Gasteiger partial charge in [0.2, 0.25) is 0 Å². The number of fused-ring (bicyclic) bond motifs is 2. The van der Waals surface area contributed by atoms with E-state index in [0.29, 0.717) is 30.9 Å². The third kappa shape index (κ3) is 4.81. The Balaban J connectivity index is 1.23. The Morgan fingerprint density at radius 1 is 1.03 bits per heavy atom. The fourth-order valence-electron chi connectivity index (χ4n) is 5.70. The van der Waals surface area contributed by atoms with Gasteiger partial charge in [-0.2, -0.15) is 0 Å². The number of urea groups is 1. The lowest BCUT2D eigenvalue weighted by molar-refractivity contribution is 0.0608. The molecule has 3 heterocycles. The van der Waals surface area contributed by atoms with Gasteiger partial charge in [-0.3, -0.25) is 18.7 Å². The van der Waals surface area contributed by atoms with Gasteiger partial charge in [0.25, 0.3) is 17.9 Å². The van der Waals surface area contributed by atoms with Crippen molar-refractivity contribution < 1.29 is 18.4 Å². The standard InChI is InChI=1S/C28H29F2N5O4/c29-24(30)16-34-23-10-9-19(12-22(23)26(37)35(28(34)39)13-17-7-8-17)31-27(38)32-11-3-5-20(15-32)33-14-18-4-1-2-6-21(18)25(33)36/h1-2,4,6,9-10,12,17,20,24H,3,5,7-8,11,13-16H2,(H,31,38)/t20-/m1/s1. The third-order valence-corrected chi connectivity index (χ3v) is 7.91. The molecule has 2 aromatic carbocycles. The normalized spacial score (nSPS) is 19.2. The predicted molar refractivity (Wildman–Crippen MR) is 141 cm³/mol. The maximum Gasteiger partial charge on any atom is 0.331 e. The van der Waals surface area contributed by atoms with Crippen molar-refractivity contribution in [3.05, 3.63) is 74.4 Å². The number of aromatic nitrogens is 2. The zero-order chi connectivity index (χ0) is 27.3. The molecule has 204 valence electrons. The molecule has 3 aliphatic rings. The average molecular weight is 538 g/mol. The van der Waals surface area contributed by atoms with Gasteiger partial charge < -0.3 is 15.1 Å². The first kappa shape index (κ1) is 25.3. The van der Waals surface area contributed by atoms with Crippen LogP contribution in [0.25, 0.3) is 10.9 Å². The summed E-state index contributed by atoms with van der Waals surface area (Å²) in [5, 5.41) is 2.92. The minimum absolute atomic E-state index is 0.0234. The van der Waals surface area contributed by atoms with E-state index >= 15 is 0 Å². The second kappa shape index (κ2) is 9.94. The molecule has 1 saturated carbocycles. The van der Waals surface area contributed by atoms with Crippen LogP contribution in [0.2, 0.25) is 0 Å². The molecule has 6 rings (SSSR count). The lowest BCUT2D eigenvalue weighted by atomic mass is 10.0. The van der Waals surface area contributed by atoms with Crippen LogP contribution >= 0.6 is 0 Å². The van der Waals surface area contributed by atoms with Gasteiger partial charge in [-0.15, -0.1) is 0 Å². The zero-order valence-corrected chi connectivity index (χ0v) is 21.3. The number of hydrogen-bond donors (Lipinski definition) is 1. The molecule has 2 fully saturated rings. The van der Waals surface area contributed by atoms with Gasteiger partial charge >= 0.3 is 11.7 Å². The van der Waals surface area contributed by atoms with Crippen molar-refractivity contribution in [3.8, 4) is 0 Å². The van der Waals surface area contributed by atoms with Crippen LogP contribution in [0.1, 0.15) is 41.6 Å². The summed E-state index contributed by atoms with van der Waals surface area (Å²) in [6, 6.07) is 11.4. The van der Waals surface area contributed by atoms with E-state index < -0.39 is 24.2 Å². The van der Waals surface area contributed by atoms with Gasteiger partial charge in [-0.25, -0.2) is 18.4 Å². The van der Waals surface area contributed by atoms with Crippen LogP contribution in [-0.4, -0.2) is 56.4 Å². The van der Waals surface area contributed by atoms with Gasteiger partial charge in [0.1, 0.15) is 0 Å². The van der Waals surface area contributed by atoms with E-state index in [1.807, 2.05) is 29.2 Å². The molecule has 1 N–H and O–H groups in total. The number of carbonyl (C=O) groups is 2. The van der Waals surface area contributed by atoms with E-state index in [9.17, 15) is 28.0 Å². The molecule has 0 bridgehead atoms. The molecule has 1 aliphatic carbocycles. The number of piperidine rings is 1. The van der Waals surface area contributed by atoms with E-state index in [1.54, 1.807) is 4.90 Å². The smallest absolute Gasteiger partial charge is 0.330 e. The van der Waals surface area contributed by atoms with Crippen LogP contribution < -0.4 is 16.6 Å². The number of benzene rings is 2. The molecule has 0 spiro atoms. The van der Waals surface area contributed by atoms with E-state index in [1.165, 1.54) is 18.2 Å². The monoisotopic (exact) mass is 537 g/mol. The Morgan fingerprint density at radius 2 is 1.82 bits per heavy atom. The van der Waals surface area contributed by atoms with Gasteiger partial charge in [-0.1, -0.05) is 18.2 Å². The molecule has 2 aliphatic heterocycles. The van der Waals surface area contributed by atoms with Crippen molar-refractivity contribution in [1.82, 2.24) is 18.9 Å². The van der Waals surface area contributed by atoms with Crippen LogP contribution in [0, 0.1) is 5.92 Å². The molecule has 3 amide bonds. The molecule has 1 aromatic heterocycles. The number of nitrogens with one attached hydrogen (secondary N) is 1. The van der Waals surface area contributed by atoms with Crippen molar-refractivity contribution in [2.24, 2.45) is 5.92 Å². The summed E-state index contributed by atoms with van der Waals surface area (Å²) < 4.78 is 28.6. The summed E-state index contributed by atoms with van der Waals surface area (Å²) in [6.07, 6.45) is 0.546. The highest BCUT2D eigenvalue weighted by Gasteiger charge is 2.36. The number of amides is 3. The Kier molecular flexibility index (Phi) is 6.44. The lowest BCUT2D eigenvalue weighted by Gasteiger charge is -2.37. The third-order valence-electron chi connectivity index (χ3n) is 7.91. The number of halogens is 2. The molecular weight excluding hydrogens is 508 g/mol. The fourth-order valence-corrected chi connectivity index (χ4v) is 5.70. The molecule has 0 radical (unpaired) electrons. The van der Waals surface area contributed by atoms with Gasteiger partial charge in [0.05, 0.1) is 23.5 Å². The largest absolute Gasteiger partial charge is 0.331 e. The number of hydrogen-bond acceptors (Lipinski definition) is 4. The van der Waals surface area contributed by atoms with E-state index in [4.69, 9.17) is 0 Å². The summed E-state index contributed by atoms with van der Waals surface area (Å²) in [7, 11) is 0. The minimum atomic E-state index is -2.76. The fraction of sp³-hybridized carbons (Fsp3) is 0.429. The van der Waals surface area contributed by atoms with Gasteiger partial charge in [-0.05, 0) is 61.4 Å². The topological polar surface area (TPSA) is 96.6 Å². The maximum atomic E-state index is 13.3. The number of anilines is 1. The van der Waals surface area contributed by atoms with Crippen molar-refractivity contribution in [3.63, 3.8) is 0 Å². The SMILES string of the molecule is O=C(Nc1ccc2c(c1)c(=O)n(CC1CC1)c(=O)n2CC(F)F)N1CCC[C@@H](N2Cc3ccccc3C2=O)C1. The molecule has 39 heavy (non-hydrogen) atoms. The van der Waals surface area contributed by atoms with Gasteiger partial charge in [0.15, 0.2) is 0 Å². The Labute approximate surface area is 222 Å². The summed E-state index contributed by atoms with van der Waals surface area (Å²) in [5.41, 5.74) is 0.839. The second-order valence-corrected chi connectivity index (χ2v) is 10.6. The van der Waals surface area contributed by atoms with Crippen molar-refractivity contribution in [1.29, 1.82) is 0 Å². The first-order valence-electron chi connectivity index (χ1n) is 13.3. The zero-order valence-electron chi connectivity index (χ0n) is 21.3. The number of rotatable bonds is 6. The Morgan fingerprint density at radius 3 is 2.56 bits per heavy atom. The first-order valence-corrected chi connectivity index (χ1v) is 13.3. The lowest BCUT2D eigenvalue weighted by Crippen LogP contribution is -2.51. The number of alkyl halides is 2. The minimum Gasteiger partial charge on any atom is -0.330 e. The van der Waals surface area contributed by atoms with E-state index in [-0.39, 0.29) is 41.3 Å². The van der Waals surface area contributed by atoms with Crippen LogP contribution in [0.15, 0.2) is 52.1 Å². The molecule has 9 nitrogen and oxygen atoms in total. The summed E-state index contributed by atoms with van der Waals surface area (Å²) >= 11 is 0. The highest BCUT2D eigenvalue weighted by Crippen LogP contribution is 2.30. The Bertz CT molecular complexity index is 1580. The second-order valence-electron chi connectivity index (χ2n) is 10.6. The predicted octanol–water partition coefficient (Wildman–Crippen LogP) is 3.49. The van der Waals surface area contributed by atoms with Crippen LogP contribution in [0.5, 0.6) is 0 Å². The van der Waals surface area contributed by atoms with E-state index in [2.05, 4.69) is 5.32 Å². The highest BCUT2D eigenvalue weighted by atomic mass is 19.3. The van der Waals surface area contributed by atoms with Crippen LogP contribution in [0.3, 0.4) is 0 Å². The number of nitrogens with zero attached hydrogens (tertiary/aromatic N) is 4. The molecule has 1 saturated heterocycles. The summed E-state index contributed by atoms with van der Waals surface area (Å²) in [4.78, 5) is 55.7. The quantitative estimate of drug-likeness (QED) is 0.521. The van der Waals surface area contributed by atoms with Crippen molar-refractivity contribution >= 4 is 28.5 Å². The number of likely N-dealkylation sites (tertiary alicyclic amines) is 1.